The van der Waals surface area contributed by atoms with Gasteiger partial charge in [-0.3, -0.25) is 4.79 Å². The number of benzene rings is 1. The lowest BCUT2D eigenvalue weighted by Crippen LogP contribution is -2.37. The largest absolute Gasteiger partial charge is 0.497 e. The summed E-state index contributed by atoms with van der Waals surface area (Å²) in [6.07, 6.45) is 3.75. The Balaban J connectivity index is 1.42. The van der Waals surface area contributed by atoms with Crippen LogP contribution in [-0.2, 0) is 0 Å². The van der Waals surface area contributed by atoms with Crippen molar-refractivity contribution in [2.24, 2.45) is 5.92 Å². The molecule has 1 unspecified atom stereocenters. The molecule has 6 heteroatoms. The first-order valence-electron chi connectivity index (χ1n) is 9.36. The van der Waals surface area contributed by atoms with Crippen molar-refractivity contribution >= 4 is 5.91 Å². The number of carbonyl (C=O) groups is 1. The van der Waals surface area contributed by atoms with E-state index >= 15 is 0 Å². The molecule has 0 bridgehead atoms. The topological polar surface area (TPSA) is 70.2 Å². The summed E-state index contributed by atoms with van der Waals surface area (Å²) in [4.78, 5) is 22.9. The number of aryl methyl sites for hydroxylation is 1. The van der Waals surface area contributed by atoms with E-state index in [2.05, 4.69) is 20.2 Å². The van der Waals surface area contributed by atoms with Crippen LogP contribution in [0.15, 0.2) is 24.3 Å². The number of hydrogen-bond donors (Lipinski definition) is 2. The average Bonchev–Trinajstić information content (AvgIpc) is 3.21. The molecule has 6 nitrogen and oxygen atoms in total. The predicted molar refractivity (Wildman–Crippen MR) is 100 cm³/mol. The molecule has 0 spiro atoms. The van der Waals surface area contributed by atoms with Gasteiger partial charge in [-0.25, -0.2) is 4.98 Å². The van der Waals surface area contributed by atoms with Crippen LogP contribution in [0.25, 0.3) is 11.4 Å². The van der Waals surface area contributed by atoms with Gasteiger partial charge in [-0.05, 0) is 44.2 Å². The number of hydrogen-bond acceptors (Lipinski definition) is 4. The molecule has 26 heavy (non-hydrogen) atoms. The Labute approximate surface area is 154 Å². The zero-order valence-electron chi connectivity index (χ0n) is 15.4. The SMILES string of the molecule is COc1cccc(-c2nc(C(=O)NC3CCN(CC4CC4)C3)c(C)[nH]2)c1. The van der Waals surface area contributed by atoms with Gasteiger partial charge in [-0.1, -0.05) is 12.1 Å². The molecule has 1 aliphatic heterocycles. The number of H-pyrrole nitrogens is 1. The summed E-state index contributed by atoms with van der Waals surface area (Å²) < 4.78 is 5.27. The first kappa shape index (κ1) is 17.1. The number of nitrogens with zero attached hydrogens (tertiary/aromatic N) is 2. The average molecular weight is 354 g/mol. The zero-order valence-corrected chi connectivity index (χ0v) is 15.4. The van der Waals surface area contributed by atoms with E-state index in [1.165, 1.54) is 19.4 Å². The molecule has 1 aromatic carbocycles. The minimum atomic E-state index is -0.0915. The van der Waals surface area contributed by atoms with Gasteiger partial charge >= 0.3 is 0 Å². The molecule has 2 aromatic rings. The van der Waals surface area contributed by atoms with Crippen molar-refractivity contribution in [1.29, 1.82) is 0 Å². The molecular weight excluding hydrogens is 328 g/mol. The Morgan fingerprint density at radius 2 is 2.23 bits per heavy atom. The summed E-state index contributed by atoms with van der Waals surface area (Å²) in [6, 6.07) is 7.89. The third kappa shape index (κ3) is 3.75. The summed E-state index contributed by atoms with van der Waals surface area (Å²) in [5, 5.41) is 3.16. The molecule has 1 saturated heterocycles. The number of aromatic amines is 1. The van der Waals surface area contributed by atoms with Gasteiger partial charge in [-0.15, -0.1) is 0 Å². The number of likely N-dealkylation sites (tertiary alicyclic amines) is 1. The normalized spacial score (nSPS) is 20.3. The van der Waals surface area contributed by atoms with Gasteiger partial charge in [0.2, 0.25) is 0 Å². The lowest BCUT2D eigenvalue weighted by atomic mass is 10.2. The van der Waals surface area contributed by atoms with Gasteiger partial charge in [0.05, 0.1) is 7.11 Å². The number of imidazole rings is 1. The van der Waals surface area contributed by atoms with Gasteiger partial charge in [0.15, 0.2) is 0 Å². The zero-order chi connectivity index (χ0) is 18.1. The molecule has 1 saturated carbocycles. The van der Waals surface area contributed by atoms with E-state index in [-0.39, 0.29) is 11.9 Å². The Hall–Kier alpha value is -2.34. The number of carbonyl (C=O) groups excluding carboxylic acids is 1. The summed E-state index contributed by atoms with van der Waals surface area (Å²) >= 11 is 0. The Kier molecular flexibility index (Phi) is 4.68. The molecular formula is C20H26N4O2. The van der Waals surface area contributed by atoms with E-state index in [9.17, 15) is 4.79 Å². The first-order valence-corrected chi connectivity index (χ1v) is 9.36. The predicted octanol–water partition coefficient (Wildman–Crippen LogP) is 2.61. The van der Waals surface area contributed by atoms with Crippen molar-refractivity contribution in [2.45, 2.75) is 32.2 Å². The van der Waals surface area contributed by atoms with Gasteiger partial charge in [-0.2, -0.15) is 0 Å². The maximum Gasteiger partial charge on any atom is 0.272 e. The van der Waals surface area contributed by atoms with Crippen molar-refractivity contribution in [3.8, 4) is 17.1 Å². The van der Waals surface area contributed by atoms with Gasteiger partial charge < -0.3 is 19.9 Å². The second-order valence-corrected chi connectivity index (χ2v) is 7.45. The highest BCUT2D eigenvalue weighted by Gasteiger charge is 2.30. The molecule has 1 amide bonds. The highest BCUT2D eigenvalue weighted by molar-refractivity contribution is 5.94. The fourth-order valence-electron chi connectivity index (χ4n) is 3.62. The lowest BCUT2D eigenvalue weighted by Gasteiger charge is -2.16. The Morgan fingerprint density at radius 1 is 1.38 bits per heavy atom. The van der Waals surface area contributed by atoms with Crippen LogP contribution >= 0.6 is 0 Å². The van der Waals surface area contributed by atoms with Crippen LogP contribution in [0.1, 0.15) is 35.4 Å². The van der Waals surface area contributed by atoms with E-state index in [1.54, 1.807) is 7.11 Å². The highest BCUT2D eigenvalue weighted by atomic mass is 16.5. The van der Waals surface area contributed by atoms with Gasteiger partial charge in [0.25, 0.3) is 5.91 Å². The van der Waals surface area contributed by atoms with E-state index in [4.69, 9.17) is 4.74 Å². The standard InChI is InChI=1S/C20H26N4O2/c1-13-18(23-19(21-13)15-4-3-5-17(10-15)26-2)20(25)22-16-8-9-24(12-16)11-14-6-7-14/h3-5,10,14,16H,6-9,11-12H2,1-2H3,(H,21,23)(H,22,25). The summed E-state index contributed by atoms with van der Waals surface area (Å²) in [5.41, 5.74) is 2.17. The minimum absolute atomic E-state index is 0.0915. The molecule has 1 atom stereocenters. The van der Waals surface area contributed by atoms with E-state index in [0.717, 1.165) is 42.4 Å². The first-order chi connectivity index (χ1) is 12.6. The van der Waals surface area contributed by atoms with E-state index in [0.29, 0.717) is 11.5 Å². The van der Waals surface area contributed by atoms with Crippen LogP contribution in [-0.4, -0.2) is 53.6 Å². The maximum atomic E-state index is 12.7. The monoisotopic (exact) mass is 354 g/mol. The number of methoxy groups -OCH3 is 1. The molecule has 2 N–H and O–H groups in total. The molecule has 2 heterocycles. The maximum absolute atomic E-state index is 12.7. The number of aromatic nitrogens is 2. The van der Waals surface area contributed by atoms with Crippen LogP contribution in [0.4, 0.5) is 0 Å². The molecule has 2 fully saturated rings. The third-order valence-corrected chi connectivity index (χ3v) is 5.26. The second kappa shape index (κ2) is 7.11. The molecule has 0 radical (unpaired) electrons. The van der Waals surface area contributed by atoms with Crippen molar-refractivity contribution in [3.05, 3.63) is 35.7 Å². The lowest BCUT2D eigenvalue weighted by molar-refractivity contribution is 0.0932. The van der Waals surface area contributed by atoms with E-state index < -0.39 is 0 Å². The minimum Gasteiger partial charge on any atom is -0.497 e. The summed E-state index contributed by atoms with van der Waals surface area (Å²) in [7, 11) is 1.64. The van der Waals surface area contributed by atoms with E-state index in [1.807, 2.05) is 31.2 Å². The molecule has 138 valence electrons. The quantitative estimate of drug-likeness (QED) is 0.837. The second-order valence-electron chi connectivity index (χ2n) is 7.45. The van der Waals surface area contributed by atoms with Crippen LogP contribution in [0.5, 0.6) is 5.75 Å². The number of nitrogens with one attached hydrogen (secondary N) is 2. The summed E-state index contributed by atoms with van der Waals surface area (Å²) in [6.45, 7) is 5.11. The molecule has 2 aliphatic rings. The van der Waals surface area contributed by atoms with Crippen LogP contribution in [0.3, 0.4) is 0 Å². The fraction of sp³-hybridized carbons (Fsp3) is 0.500. The van der Waals surface area contributed by atoms with Gasteiger partial charge in [0.1, 0.15) is 17.3 Å². The number of ether oxygens (including phenoxy) is 1. The molecule has 1 aliphatic carbocycles. The fourth-order valence-corrected chi connectivity index (χ4v) is 3.62. The van der Waals surface area contributed by atoms with Crippen LogP contribution in [0.2, 0.25) is 0 Å². The number of rotatable bonds is 6. The van der Waals surface area contributed by atoms with Gasteiger partial charge in [0, 0.05) is 36.9 Å². The smallest absolute Gasteiger partial charge is 0.272 e. The van der Waals surface area contributed by atoms with Crippen molar-refractivity contribution < 1.29 is 9.53 Å². The Morgan fingerprint density at radius 3 is 3.00 bits per heavy atom. The third-order valence-electron chi connectivity index (χ3n) is 5.26. The van der Waals surface area contributed by atoms with Crippen molar-refractivity contribution in [1.82, 2.24) is 20.2 Å². The van der Waals surface area contributed by atoms with Crippen molar-refractivity contribution in [3.63, 3.8) is 0 Å². The molecule has 4 rings (SSSR count). The number of amides is 1. The Bertz CT molecular complexity index is 797. The summed E-state index contributed by atoms with van der Waals surface area (Å²) in [5.74, 6) is 2.26. The highest BCUT2D eigenvalue weighted by Crippen LogP contribution is 2.30. The van der Waals surface area contributed by atoms with Crippen LogP contribution in [0, 0.1) is 12.8 Å². The van der Waals surface area contributed by atoms with Crippen molar-refractivity contribution in [2.75, 3.05) is 26.7 Å². The van der Waals surface area contributed by atoms with Crippen LogP contribution < -0.4 is 10.1 Å². The molecule has 1 aromatic heterocycles.